The lowest BCUT2D eigenvalue weighted by Crippen LogP contribution is -2.40. The molecule has 27 heavy (non-hydrogen) atoms. The minimum absolute atomic E-state index is 0.428. The Morgan fingerprint density at radius 3 is 2.81 bits per heavy atom. The van der Waals surface area contributed by atoms with Crippen molar-refractivity contribution in [3.05, 3.63) is 56.4 Å². The van der Waals surface area contributed by atoms with Gasteiger partial charge in [0.25, 0.3) is 0 Å². The number of guanidine groups is 1. The van der Waals surface area contributed by atoms with Crippen LogP contribution in [0.1, 0.15) is 34.9 Å². The summed E-state index contributed by atoms with van der Waals surface area (Å²) in [5.74, 6) is 3.00. The average molecular weight is 403 g/mol. The van der Waals surface area contributed by atoms with E-state index in [1.54, 1.807) is 22.7 Å². The second-order valence-corrected chi connectivity index (χ2v) is 8.29. The van der Waals surface area contributed by atoms with Crippen molar-refractivity contribution in [2.45, 2.75) is 32.7 Å². The maximum absolute atomic E-state index is 4.72. The predicted molar refractivity (Wildman–Crippen MR) is 114 cm³/mol. The van der Waals surface area contributed by atoms with Crippen LogP contribution in [0.25, 0.3) is 0 Å². The lowest BCUT2D eigenvalue weighted by molar-refractivity contribution is 0.692. The molecule has 1 unspecified atom stereocenters. The highest BCUT2D eigenvalue weighted by molar-refractivity contribution is 7.09. The fourth-order valence-corrected chi connectivity index (χ4v) is 4.09. The number of rotatable bonds is 8. The van der Waals surface area contributed by atoms with Crippen molar-refractivity contribution < 1.29 is 0 Å². The van der Waals surface area contributed by atoms with Crippen LogP contribution < -0.4 is 10.6 Å². The summed E-state index contributed by atoms with van der Waals surface area (Å²) < 4.78 is 1.97. The topological polar surface area (TPSA) is 67.1 Å². The minimum atomic E-state index is 0.428. The van der Waals surface area contributed by atoms with E-state index in [4.69, 9.17) is 4.99 Å². The lowest BCUT2D eigenvalue weighted by atomic mass is 10.1. The molecule has 0 radical (unpaired) electrons. The first-order valence-corrected chi connectivity index (χ1v) is 10.9. The summed E-state index contributed by atoms with van der Waals surface area (Å²) in [6.07, 6.45) is 0.988. The highest BCUT2D eigenvalue weighted by Crippen LogP contribution is 2.17. The number of nitrogens with zero attached hydrogens (tertiary/aromatic N) is 4. The Morgan fingerprint density at radius 1 is 1.26 bits per heavy atom. The Balaban J connectivity index is 1.59. The molecule has 3 rings (SSSR count). The van der Waals surface area contributed by atoms with Gasteiger partial charge in [0.05, 0.1) is 0 Å². The van der Waals surface area contributed by atoms with Crippen LogP contribution in [0.4, 0.5) is 0 Å². The van der Waals surface area contributed by atoms with E-state index < -0.39 is 0 Å². The van der Waals surface area contributed by atoms with Crippen molar-refractivity contribution in [1.82, 2.24) is 25.4 Å². The Morgan fingerprint density at radius 2 is 2.15 bits per heavy atom. The highest BCUT2D eigenvalue weighted by Gasteiger charge is 2.09. The molecule has 6 nitrogen and oxygen atoms in total. The Bertz CT molecular complexity index is 836. The molecule has 8 heteroatoms. The molecule has 0 aliphatic heterocycles. The van der Waals surface area contributed by atoms with Crippen molar-refractivity contribution in [3.8, 4) is 0 Å². The molecular weight excluding hydrogens is 376 g/mol. The molecule has 0 aromatic carbocycles. The van der Waals surface area contributed by atoms with Crippen LogP contribution in [-0.2, 0) is 20.0 Å². The predicted octanol–water partition coefficient (Wildman–Crippen LogP) is 3.33. The maximum atomic E-state index is 4.72. The zero-order valence-electron chi connectivity index (χ0n) is 16.0. The van der Waals surface area contributed by atoms with Crippen LogP contribution in [0.3, 0.4) is 0 Å². The third-order valence-electron chi connectivity index (χ3n) is 4.49. The Hall–Kier alpha value is -2.19. The van der Waals surface area contributed by atoms with Crippen molar-refractivity contribution in [2.24, 2.45) is 12.0 Å². The normalized spacial score (nSPS) is 12.9. The summed E-state index contributed by atoms with van der Waals surface area (Å²) >= 11 is 3.52. The standard InChI is InChI=1S/C19H26N6S2/c1-14(16-7-10-26-13-16)11-21-19(20-8-6-17-5-4-9-27-17)22-12-18-24-23-15(2)25(18)3/h4-5,7,9-10,13-14H,6,8,11-12H2,1-3H3,(H2,20,21,22). The molecule has 3 aromatic rings. The van der Waals surface area contributed by atoms with Gasteiger partial charge in [-0.15, -0.1) is 21.5 Å². The zero-order chi connectivity index (χ0) is 19.1. The largest absolute Gasteiger partial charge is 0.356 e. The molecule has 0 saturated carbocycles. The fourth-order valence-electron chi connectivity index (χ4n) is 2.59. The van der Waals surface area contributed by atoms with E-state index in [1.807, 2.05) is 18.5 Å². The van der Waals surface area contributed by atoms with Crippen LogP contribution in [0.5, 0.6) is 0 Å². The molecule has 0 amide bonds. The molecule has 0 bridgehead atoms. The van der Waals surface area contributed by atoms with Gasteiger partial charge in [0, 0.05) is 25.0 Å². The molecule has 0 aliphatic carbocycles. The van der Waals surface area contributed by atoms with Crippen LogP contribution in [0.2, 0.25) is 0 Å². The molecule has 3 aromatic heterocycles. The van der Waals surface area contributed by atoms with Gasteiger partial charge in [-0.25, -0.2) is 4.99 Å². The number of hydrogen-bond acceptors (Lipinski definition) is 5. The summed E-state index contributed by atoms with van der Waals surface area (Å²) in [6, 6.07) is 6.43. The summed E-state index contributed by atoms with van der Waals surface area (Å²) in [6.45, 7) is 6.35. The third kappa shape index (κ3) is 5.64. The van der Waals surface area contributed by atoms with Crippen molar-refractivity contribution >= 4 is 28.6 Å². The first kappa shape index (κ1) is 19.6. The molecular formula is C19H26N6S2. The van der Waals surface area contributed by atoms with E-state index in [0.29, 0.717) is 12.5 Å². The molecule has 144 valence electrons. The SMILES string of the molecule is Cc1nnc(CN=C(NCCc2cccs2)NCC(C)c2ccsc2)n1C. The highest BCUT2D eigenvalue weighted by atomic mass is 32.1. The van der Waals surface area contributed by atoms with Crippen molar-refractivity contribution in [1.29, 1.82) is 0 Å². The van der Waals surface area contributed by atoms with Crippen molar-refractivity contribution in [3.63, 3.8) is 0 Å². The van der Waals surface area contributed by atoms with Crippen LogP contribution in [-0.4, -0.2) is 33.8 Å². The molecule has 0 aliphatic rings. The van der Waals surface area contributed by atoms with E-state index in [9.17, 15) is 0 Å². The minimum Gasteiger partial charge on any atom is -0.356 e. The van der Waals surface area contributed by atoms with Gasteiger partial charge in [-0.05, 0) is 53.1 Å². The third-order valence-corrected chi connectivity index (χ3v) is 6.13. The first-order chi connectivity index (χ1) is 13.1. The van der Waals surface area contributed by atoms with E-state index in [1.165, 1.54) is 10.4 Å². The molecule has 0 fully saturated rings. The zero-order valence-corrected chi connectivity index (χ0v) is 17.6. The summed E-state index contributed by atoms with van der Waals surface area (Å²) in [7, 11) is 1.97. The van der Waals surface area contributed by atoms with E-state index in [2.05, 4.69) is 62.1 Å². The summed E-state index contributed by atoms with van der Waals surface area (Å²) in [4.78, 5) is 6.09. The van der Waals surface area contributed by atoms with E-state index >= 15 is 0 Å². The summed E-state index contributed by atoms with van der Waals surface area (Å²) in [5, 5.41) is 21.7. The monoisotopic (exact) mass is 402 g/mol. The molecule has 1 atom stereocenters. The van der Waals surface area contributed by atoms with E-state index in [0.717, 1.165) is 37.1 Å². The van der Waals surface area contributed by atoms with Crippen molar-refractivity contribution in [2.75, 3.05) is 13.1 Å². The number of aromatic nitrogens is 3. The molecule has 0 saturated heterocycles. The molecule has 0 spiro atoms. The van der Waals surface area contributed by atoms with E-state index in [-0.39, 0.29) is 0 Å². The lowest BCUT2D eigenvalue weighted by Gasteiger charge is -2.16. The first-order valence-electron chi connectivity index (χ1n) is 9.05. The maximum Gasteiger partial charge on any atom is 0.191 e. The van der Waals surface area contributed by atoms with Gasteiger partial charge in [-0.1, -0.05) is 13.0 Å². The van der Waals surface area contributed by atoms with Gasteiger partial charge >= 0.3 is 0 Å². The Labute approximate surface area is 168 Å². The quantitative estimate of drug-likeness (QED) is 0.448. The number of thiophene rings is 2. The number of nitrogens with one attached hydrogen (secondary N) is 2. The van der Waals surface area contributed by atoms with Crippen LogP contribution in [0.15, 0.2) is 39.3 Å². The van der Waals surface area contributed by atoms with Gasteiger partial charge in [0.1, 0.15) is 12.4 Å². The number of aliphatic imine (C=N–C) groups is 1. The Kier molecular flexibility index (Phi) is 7.00. The smallest absolute Gasteiger partial charge is 0.191 e. The second kappa shape index (κ2) is 9.66. The summed E-state index contributed by atoms with van der Waals surface area (Å²) in [5.41, 5.74) is 1.36. The van der Waals surface area contributed by atoms with Gasteiger partial charge < -0.3 is 15.2 Å². The number of hydrogen-bond donors (Lipinski definition) is 2. The van der Waals surface area contributed by atoms with Gasteiger partial charge in [-0.2, -0.15) is 11.3 Å². The second-order valence-electron chi connectivity index (χ2n) is 6.48. The molecule has 3 heterocycles. The molecule has 2 N–H and O–H groups in total. The van der Waals surface area contributed by atoms with Crippen LogP contribution >= 0.6 is 22.7 Å². The van der Waals surface area contributed by atoms with Gasteiger partial charge in [-0.3, -0.25) is 0 Å². The van der Waals surface area contributed by atoms with Gasteiger partial charge in [0.15, 0.2) is 11.8 Å². The number of aryl methyl sites for hydroxylation is 1. The van der Waals surface area contributed by atoms with Crippen LogP contribution in [0, 0.1) is 6.92 Å². The average Bonchev–Trinajstić information content (AvgIpc) is 3.42. The van der Waals surface area contributed by atoms with Gasteiger partial charge in [0.2, 0.25) is 0 Å². The fraction of sp³-hybridized carbons (Fsp3) is 0.421.